The highest BCUT2D eigenvalue weighted by Crippen LogP contribution is 2.34. The minimum Gasteiger partial charge on any atom is -0.323 e. The van der Waals surface area contributed by atoms with Gasteiger partial charge in [0.25, 0.3) is 5.91 Å². The molecular formula is C14H15Cl2N3O2. The lowest BCUT2D eigenvalue weighted by atomic mass is 9.82. The molecule has 5 nitrogen and oxygen atoms in total. The van der Waals surface area contributed by atoms with Crippen LogP contribution in [0.2, 0.25) is 10.2 Å². The van der Waals surface area contributed by atoms with Gasteiger partial charge in [-0.05, 0) is 25.0 Å². The molecule has 1 aromatic rings. The Kier molecular flexibility index (Phi) is 3.80. The van der Waals surface area contributed by atoms with Crippen molar-refractivity contribution in [3.8, 4) is 0 Å². The van der Waals surface area contributed by atoms with Crippen LogP contribution in [0.1, 0.15) is 37.8 Å². The largest absolute Gasteiger partial charge is 0.325 e. The summed E-state index contributed by atoms with van der Waals surface area (Å²) in [5.74, 6) is -0.176. The second-order valence-corrected chi connectivity index (χ2v) is 6.32. The molecule has 1 aliphatic carbocycles. The van der Waals surface area contributed by atoms with Gasteiger partial charge in [0.1, 0.15) is 10.7 Å². The molecule has 2 heterocycles. The summed E-state index contributed by atoms with van der Waals surface area (Å²) in [6.45, 7) is 0.0474. The number of urea groups is 1. The maximum absolute atomic E-state index is 12.6. The second kappa shape index (κ2) is 5.46. The van der Waals surface area contributed by atoms with Crippen molar-refractivity contribution in [3.63, 3.8) is 0 Å². The van der Waals surface area contributed by atoms with Crippen LogP contribution in [0.3, 0.4) is 0 Å². The van der Waals surface area contributed by atoms with Crippen molar-refractivity contribution in [1.82, 2.24) is 15.2 Å². The third kappa shape index (κ3) is 2.60. The van der Waals surface area contributed by atoms with Crippen LogP contribution >= 0.6 is 23.2 Å². The third-order valence-corrected chi connectivity index (χ3v) is 4.70. The van der Waals surface area contributed by atoms with E-state index in [2.05, 4.69) is 10.3 Å². The van der Waals surface area contributed by atoms with Crippen LogP contribution in [0.5, 0.6) is 0 Å². The summed E-state index contributed by atoms with van der Waals surface area (Å²) in [6, 6.07) is 2.81. The monoisotopic (exact) mass is 327 g/mol. The minimum atomic E-state index is -0.722. The summed E-state index contributed by atoms with van der Waals surface area (Å²) in [4.78, 5) is 30.1. The lowest BCUT2D eigenvalue weighted by Crippen LogP contribution is -2.48. The normalized spacial score (nSPS) is 21.0. The van der Waals surface area contributed by atoms with Crippen LogP contribution in [-0.4, -0.2) is 27.4 Å². The zero-order valence-corrected chi connectivity index (χ0v) is 12.9. The fraction of sp³-hybridized carbons (Fsp3) is 0.500. The number of nitrogens with zero attached hydrogens (tertiary/aromatic N) is 2. The van der Waals surface area contributed by atoms with Crippen LogP contribution in [-0.2, 0) is 11.3 Å². The van der Waals surface area contributed by atoms with Crippen molar-refractivity contribution in [2.45, 2.75) is 44.2 Å². The molecule has 1 saturated heterocycles. The van der Waals surface area contributed by atoms with E-state index >= 15 is 0 Å². The first-order valence-electron chi connectivity index (χ1n) is 6.97. The quantitative estimate of drug-likeness (QED) is 0.670. The van der Waals surface area contributed by atoms with E-state index in [1.165, 1.54) is 4.90 Å². The van der Waals surface area contributed by atoms with Gasteiger partial charge in [-0.2, -0.15) is 0 Å². The number of carbonyl (C=O) groups excluding carboxylic acids is 2. The van der Waals surface area contributed by atoms with Gasteiger partial charge in [-0.15, -0.1) is 0 Å². The smallest absolute Gasteiger partial charge is 0.323 e. The van der Waals surface area contributed by atoms with Crippen molar-refractivity contribution in [1.29, 1.82) is 0 Å². The summed E-state index contributed by atoms with van der Waals surface area (Å²) < 4.78 is 0. The standard InChI is InChI=1S/C14H15Cl2N3O2/c15-9-4-5-11(16)17-10(9)8-19-12(20)14(18-13(19)21)6-2-1-3-7-14/h4-5H,1-3,6-8H2,(H,18,21). The number of pyridine rings is 1. The van der Waals surface area contributed by atoms with Crippen LogP contribution in [0.25, 0.3) is 0 Å². The van der Waals surface area contributed by atoms with E-state index in [9.17, 15) is 9.59 Å². The first-order valence-corrected chi connectivity index (χ1v) is 7.72. The van der Waals surface area contributed by atoms with E-state index in [1.807, 2.05) is 0 Å². The number of hydrogen-bond acceptors (Lipinski definition) is 3. The molecule has 0 atom stereocenters. The van der Waals surface area contributed by atoms with E-state index in [-0.39, 0.29) is 23.6 Å². The van der Waals surface area contributed by atoms with E-state index in [1.54, 1.807) is 12.1 Å². The number of rotatable bonds is 2. The Hall–Kier alpha value is -1.33. The van der Waals surface area contributed by atoms with E-state index in [4.69, 9.17) is 23.2 Å². The number of nitrogens with one attached hydrogen (secondary N) is 1. The predicted octanol–water partition coefficient (Wildman–Crippen LogP) is 3.14. The lowest BCUT2D eigenvalue weighted by molar-refractivity contribution is -0.132. The van der Waals surface area contributed by atoms with Gasteiger partial charge in [-0.3, -0.25) is 9.69 Å². The number of halogens is 2. The van der Waals surface area contributed by atoms with Gasteiger partial charge in [0, 0.05) is 0 Å². The van der Waals surface area contributed by atoms with Crippen LogP contribution in [0.15, 0.2) is 12.1 Å². The fourth-order valence-corrected chi connectivity index (χ4v) is 3.36. The molecule has 1 saturated carbocycles. The van der Waals surface area contributed by atoms with Crippen molar-refractivity contribution in [2.24, 2.45) is 0 Å². The molecular weight excluding hydrogens is 313 g/mol. The van der Waals surface area contributed by atoms with E-state index < -0.39 is 5.54 Å². The highest BCUT2D eigenvalue weighted by molar-refractivity contribution is 6.32. The van der Waals surface area contributed by atoms with Crippen molar-refractivity contribution in [2.75, 3.05) is 0 Å². The van der Waals surface area contributed by atoms with Gasteiger partial charge in [0.15, 0.2) is 0 Å². The number of aromatic nitrogens is 1. The average Bonchev–Trinajstić information content (AvgIpc) is 2.68. The van der Waals surface area contributed by atoms with Gasteiger partial charge < -0.3 is 5.32 Å². The molecule has 2 fully saturated rings. The Bertz CT molecular complexity index is 600. The van der Waals surface area contributed by atoms with Crippen LogP contribution in [0.4, 0.5) is 4.79 Å². The van der Waals surface area contributed by atoms with Crippen LogP contribution < -0.4 is 5.32 Å². The first-order chi connectivity index (χ1) is 10.0. The molecule has 1 N–H and O–H groups in total. The molecule has 112 valence electrons. The molecule has 2 aliphatic rings. The molecule has 7 heteroatoms. The maximum Gasteiger partial charge on any atom is 0.325 e. The lowest BCUT2D eigenvalue weighted by Gasteiger charge is -2.30. The molecule has 0 aromatic carbocycles. The number of carbonyl (C=O) groups is 2. The highest BCUT2D eigenvalue weighted by atomic mass is 35.5. The van der Waals surface area contributed by atoms with E-state index in [0.717, 1.165) is 19.3 Å². The number of imide groups is 1. The van der Waals surface area contributed by atoms with Gasteiger partial charge in [0.2, 0.25) is 0 Å². The number of hydrogen-bond donors (Lipinski definition) is 1. The van der Waals surface area contributed by atoms with Gasteiger partial charge in [-0.25, -0.2) is 9.78 Å². The maximum atomic E-state index is 12.6. The van der Waals surface area contributed by atoms with Gasteiger partial charge >= 0.3 is 6.03 Å². The molecule has 3 rings (SSSR count). The summed E-state index contributed by atoms with van der Waals surface area (Å²) in [6.07, 6.45) is 4.41. The zero-order chi connectivity index (χ0) is 15.0. The topological polar surface area (TPSA) is 62.3 Å². The Balaban J connectivity index is 1.84. The Morgan fingerprint density at radius 2 is 1.90 bits per heavy atom. The fourth-order valence-electron chi connectivity index (χ4n) is 3.03. The van der Waals surface area contributed by atoms with Crippen molar-refractivity contribution in [3.05, 3.63) is 28.0 Å². The van der Waals surface area contributed by atoms with Gasteiger partial charge in [-0.1, -0.05) is 42.5 Å². The molecule has 1 spiro atoms. The van der Waals surface area contributed by atoms with E-state index in [0.29, 0.717) is 23.6 Å². The molecule has 3 amide bonds. The summed E-state index contributed by atoms with van der Waals surface area (Å²) in [7, 11) is 0. The predicted molar refractivity (Wildman–Crippen MR) is 79.2 cm³/mol. The van der Waals surface area contributed by atoms with Gasteiger partial charge in [0.05, 0.1) is 17.3 Å². The molecule has 0 unspecified atom stereocenters. The second-order valence-electron chi connectivity index (χ2n) is 5.53. The SMILES string of the molecule is O=C1NC2(CCCCC2)C(=O)N1Cc1nc(Cl)ccc1Cl. The molecule has 0 bridgehead atoms. The van der Waals surface area contributed by atoms with Crippen molar-refractivity contribution >= 4 is 35.1 Å². The Morgan fingerprint density at radius 3 is 2.62 bits per heavy atom. The first kappa shape index (κ1) is 14.6. The molecule has 21 heavy (non-hydrogen) atoms. The third-order valence-electron chi connectivity index (χ3n) is 4.15. The molecule has 1 aromatic heterocycles. The highest BCUT2D eigenvalue weighted by Gasteiger charge is 2.51. The van der Waals surface area contributed by atoms with Crippen LogP contribution in [0, 0.1) is 0 Å². The average molecular weight is 328 g/mol. The minimum absolute atomic E-state index is 0.0474. The summed E-state index contributed by atoms with van der Waals surface area (Å²) in [5.41, 5.74) is -0.291. The summed E-state index contributed by atoms with van der Waals surface area (Å²) >= 11 is 11.9. The number of amides is 3. The Labute approximate surface area is 132 Å². The molecule has 0 radical (unpaired) electrons. The molecule has 1 aliphatic heterocycles. The zero-order valence-electron chi connectivity index (χ0n) is 11.4. The van der Waals surface area contributed by atoms with Crippen molar-refractivity contribution < 1.29 is 9.59 Å². The summed E-state index contributed by atoms with van der Waals surface area (Å²) in [5, 5.41) is 3.54. The Morgan fingerprint density at radius 1 is 1.19 bits per heavy atom.